The second-order valence-corrected chi connectivity index (χ2v) is 3.68. The van der Waals surface area contributed by atoms with Gasteiger partial charge < -0.3 is 4.52 Å². The van der Waals surface area contributed by atoms with Crippen LogP contribution in [0, 0.1) is 11.8 Å². The van der Waals surface area contributed by atoms with Crippen molar-refractivity contribution in [1.29, 1.82) is 0 Å². The zero-order valence-corrected chi connectivity index (χ0v) is 6.73. The highest BCUT2D eigenvalue weighted by Crippen LogP contribution is 2.47. The lowest BCUT2D eigenvalue weighted by atomic mass is 9.97. The van der Waals surface area contributed by atoms with Crippen LogP contribution >= 0.6 is 0 Å². The quantitative estimate of drug-likeness (QED) is 0.632. The van der Waals surface area contributed by atoms with E-state index in [9.17, 15) is 0 Å². The number of nitrogens with zero attached hydrogens (tertiary/aromatic N) is 2. The standard InChI is InChI=1S/C9H10N2O/c1-2-7-3-6(1)4-8(7)9-5-12-11-10-9/h4-7H,1-3H2. The van der Waals surface area contributed by atoms with Gasteiger partial charge in [-0.3, -0.25) is 0 Å². The molecule has 1 aromatic heterocycles. The van der Waals surface area contributed by atoms with Crippen LogP contribution in [0.2, 0.25) is 0 Å². The fourth-order valence-corrected chi connectivity index (χ4v) is 2.43. The Morgan fingerprint density at radius 2 is 2.42 bits per heavy atom. The molecule has 2 aliphatic rings. The van der Waals surface area contributed by atoms with Crippen molar-refractivity contribution >= 4 is 5.57 Å². The molecule has 2 aliphatic carbocycles. The third-order valence-electron chi connectivity index (χ3n) is 2.98. The molecule has 0 spiro atoms. The van der Waals surface area contributed by atoms with Crippen molar-refractivity contribution in [1.82, 2.24) is 10.4 Å². The molecule has 2 atom stereocenters. The molecule has 3 heteroatoms. The van der Waals surface area contributed by atoms with Gasteiger partial charge in [-0.1, -0.05) is 6.08 Å². The molecule has 62 valence electrons. The van der Waals surface area contributed by atoms with E-state index in [1.165, 1.54) is 24.8 Å². The maximum Gasteiger partial charge on any atom is 0.152 e. The lowest BCUT2D eigenvalue weighted by Crippen LogP contribution is -1.96. The van der Waals surface area contributed by atoms with Gasteiger partial charge in [0, 0.05) is 5.27 Å². The van der Waals surface area contributed by atoms with Crippen LogP contribution in [0.3, 0.4) is 0 Å². The van der Waals surface area contributed by atoms with Crippen LogP contribution in [0.5, 0.6) is 0 Å². The van der Waals surface area contributed by atoms with E-state index in [-0.39, 0.29) is 0 Å². The van der Waals surface area contributed by atoms with E-state index in [2.05, 4.69) is 16.4 Å². The summed E-state index contributed by atoms with van der Waals surface area (Å²) in [6.07, 6.45) is 7.99. The van der Waals surface area contributed by atoms with Gasteiger partial charge in [-0.15, -0.1) is 5.10 Å². The van der Waals surface area contributed by atoms with E-state index < -0.39 is 0 Å². The minimum absolute atomic E-state index is 0.738. The van der Waals surface area contributed by atoms with Crippen LogP contribution in [0.25, 0.3) is 5.57 Å². The summed E-state index contributed by atoms with van der Waals surface area (Å²) in [5.74, 6) is 1.54. The largest absolute Gasteiger partial charge is 0.345 e. The third kappa shape index (κ3) is 0.763. The predicted molar refractivity (Wildman–Crippen MR) is 43.1 cm³/mol. The van der Waals surface area contributed by atoms with Gasteiger partial charge in [0.05, 0.1) is 0 Å². The van der Waals surface area contributed by atoms with Crippen molar-refractivity contribution in [3.63, 3.8) is 0 Å². The lowest BCUT2D eigenvalue weighted by Gasteiger charge is -2.08. The Morgan fingerprint density at radius 3 is 3.00 bits per heavy atom. The lowest BCUT2D eigenvalue weighted by molar-refractivity contribution is 0.393. The van der Waals surface area contributed by atoms with Crippen LogP contribution in [0.15, 0.2) is 16.9 Å². The normalized spacial score (nSPS) is 32.5. The molecular weight excluding hydrogens is 152 g/mol. The van der Waals surface area contributed by atoms with E-state index in [1.54, 1.807) is 6.26 Å². The minimum Gasteiger partial charge on any atom is -0.345 e. The second-order valence-electron chi connectivity index (χ2n) is 3.68. The van der Waals surface area contributed by atoms with Crippen LogP contribution in [0.4, 0.5) is 0 Å². The summed E-state index contributed by atoms with van der Waals surface area (Å²) in [5.41, 5.74) is 2.31. The molecule has 3 nitrogen and oxygen atoms in total. The van der Waals surface area contributed by atoms with Crippen molar-refractivity contribution in [2.24, 2.45) is 11.8 Å². The molecule has 2 bridgehead atoms. The Labute approximate surface area is 70.4 Å². The highest BCUT2D eigenvalue weighted by atomic mass is 16.5. The Hall–Kier alpha value is -1.12. The Kier molecular flexibility index (Phi) is 1.17. The zero-order valence-electron chi connectivity index (χ0n) is 6.73. The molecule has 1 heterocycles. The fourth-order valence-electron chi connectivity index (χ4n) is 2.43. The maximum absolute atomic E-state index is 4.73. The van der Waals surface area contributed by atoms with E-state index in [4.69, 9.17) is 4.52 Å². The SMILES string of the molecule is C1=C(c2conn2)C2CCC1C2. The fraction of sp³-hybridized carbons (Fsp3) is 0.556. The van der Waals surface area contributed by atoms with Crippen molar-refractivity contribution < 1.29 is 4.52 Å². The van der Waals surface area contributed by atoms with Gasteiger partial charge in [0.25, 0.3) is 0 Å². The smallest absolute Gasteiger partial charge is 0.152 e. The van der Waals surface area contributed by atoms with E-state index in [0.29, 0.717) is 0 Å². The number of hydrogen-bond donors (Lipinski definition) is 0. The second kappa shape index (κ2) is 2.19. The van der Waals surface area contributed by atoms with Crippen molar-refractivity contribution in [3.8, 4) is 0 Å². The molecule has 0 radical (unpaired) electrons. The molecule has 0 N–H and O–H groups in total. The molecule has 2 unspecified atom stereocenters. The Morgan fingerprint density at radius 1 is 1.42 bits per heavy atom. The monoisotopic (exact) mass is 162 g/mol. The minimum atomic E-state index is 0.738. The summed E-state index contributed by atoms with van der Waals surface area (Å²) in [4.78, 5) is 0. The summed E-state index contributed by atoms with van der Waals surface area (Å²) in [6.45, 7) is 0. The number of allylic oxidation sites excluding steroid dienone is 2. The highest BCUT2D eigenvalue weighted by Gasteiger charge is 2.34. The average Bonchev–Trinajstić information content (AvgIpc) is 2.81. The van der Waals surface area contributed by atoms with Gasteiger partial charge in [0.15, 0.2) is 6.26 Å². The van der Waals surface area contributed by atoms with Gasteiger partial charge in [0.2, 0.25) is 0 Å². The number of hydrogen-bond acceptors (Lipinski definition) is 3. The summed E-state index contributed by atoms with van der Waals surface area (Å²) in [6, 6.07) is 0. The molecular formula is C9H10N2O. The first-order valence-electron chi connectivity index (χ1n) is 4.42. The molecule has 1 aromatic rings. The van der Waals surface area contributed by atoms with Crippen LogP contribution in [-0.4, -0.2) is 10.4 Å². The Bertz CT molecular complexity index is 315. The summed E-state index contributed by atoms with van der Waals surface area (Å²) in [7, 11) is 0. The van der Waals surface area contributed by atoms with Gasteiger partial charge in [-0.2, -0.15) is 0 Å². The average molecular weight is 162 g/mol. The highest BCUT2D eigenvalue weighted by molar-refractivity contribution is 5.67. The van der Waals surface area contributed by atoms with Gasteiger partial charge in [0.1, 0.15) is 5.69 Å². The predicted octanol–water partition coefficient (Wildman–Crippen LogP) is 1.88. The van der Waals surface area contributed by atoms with E-state index >= 15 is 0 Å². The first-order chi connectivity index (χ1) is 5.93. The molecule has 1 saturated carbocycles. The summed E-state index contributed by atoms with van der Waals surface area (Å²) < 4.78 is 4.73. The molecule has 3 rings (SSSR count). The van der Waals surface area contributed by atoms with Gasteiger partial charge >= 0.3 is 0 Å². The van der Waals surface area contributed by atoms with Crippen molar-refractivity contribution in [3.05, 3.63) is 18.0 Å². The topological polar surface area (TPSA) is 38.9 Å². The van der Waals surface area contributed by atoms with Crippen LogP contribution in [0.1, 0.15) is 25.0 Å². The molecule has 12 heavy (non-hydrogen) atoms. The molecule has 0 amide bonds. The third-order valence-corrected chi connectivity index (χ3v) is 2.98. The van der Waals surface area contributed by atoms with Crippen molar-refractivity contribution in [2.45, 2.75) is 19.3 Å². The number of fused-ring (bicyclic) bond motifs is 2. The molecule has 0 aromatic carbocycles. The molecule has 0 saturated heterocycles. The van der Waals surface area contributed by atoms with Gasteiger partial charge in [-0.25, -0.2) is 0 Å². The first kappa shape index (κ1) is 6.40. The molecule has 1 fully saturated rings. The molecule has 0 aliphatic heterocycles. The van der Waals surface area contributed by atoms with Crippen molar-refractivity contribution in [2.75, 3.05) is 0 Å². The van der Waals surface area contributed by atoms with E-state index in [1.807, 2.05) is 0 Å². The van der Waals surface area contributed by atoms with E-state index in [0.717, 1.165) is 17.5 Å². The summed E-state index contributed by atoms with van der Waals surface area (Å²) >= 11 is 0. The van der Waals surface area contributed by atoms with Crippen LogP contribution < -0.4 is 0 Å². The zero-order chi connectivity index (χ0) is 7.97. The Balaban J connectivity index is 2.00. The van der Waals surface area contributed by atoms with Gasteiger partial charge in [-0.05, 0) is 36.7 Å². The maximum atomic E-state index is 4.73. The van der Waals surface area contributed by atoms with Crippen LogP contribution in [-0.2, 0) is 0 Å². The number of aromatic nitrogens is 2. The first-order valence-corrected chi connectivity index (χ1v) is 4.42. The number of rotatable bonds is 1. The summed E-state index contributed by atoms with van der Waals surface area (Å²) in [5, 5.41) is 7.42.